The molecule has 1 unspecified atom stereocenters. The molecule has 1 saturated heterocycles. The summed E-state index contributed by atoms with van der Waals surface area (Å²) in [7, 11) is 0. The molecule has 1 fully saturated rings. The lowest BCUT2D eigenvalue weighted by molar-refractivity contribution is -0.188. The van der Waals surface area contributed by atoms with Crippen molar-refractivity contribution in [3.8, 4) is 0 Å². The van der Waals surface area contributed by atoms with Gasteiger partial charge in [0.25, 0.3) is 0 Å². The fraction of sp³-hybridized carbons (Fsp3) is 0.440. The van der Waals surface area contributed by atoms with E-state index in [1.807, 2.05) is 37.3 Å². The van der Waals surface area contributed by atoms with Crippen molar-refractivity contribution in [2.24, 2.45) is 0 Å². The Labute approximate surface area is 226 Å². The van der Waals surface area contributed by atoms with Gasteiger partial charge in [-0.2, -0.15) is 0 Å². The molecule has 0 aliphatic carbocycles. The SMILES string of the molecule is CC[C@@H](Nc1ncnc2c1ncn2[C@@H]1O[C@H](C(O)CC(=O)O)[C@](O)(CC(=O)O)[C@]1(O)CC(=O)O)c1ccccc1. The minimum absolute atomic E-state index is 0.0280. The Morgan fingerprint density at radius 3 is 2.25 bits per heavy atom. The molecule has 15 nitrogen and oxygen atoms in total. The van der Waals surface area contributed by atoms with E-state index in [-0.39, 0.29) is 17.2 Å². The number of aliphatic carboxylic acids is 3. The summed E-state index contributed by atoms with van der Waals surface area (Å²) in [5.74, 6) is -4.48. The number of rotatable bonds is 12. The van der Waals surface area contributed by atoms with Gasteiger partial charge in [0.1, 0.15) is 18.0 Å². The predicted octanol–water partition coefficient (Wildman–Crippen LogP) is 0.534. The number of aromatic nitrogens is 4. The smallest absolute Gasteiger partial charge is 0.306 e. The maximum Gasteiger partial charge on any atom is 0.306 e. The molecule has 1 aromatic carbocycles. The van der Waals surface area contributed by atoms with Crippen LogP contribution in [0.25, 0.3) is 11.2 Å². The number of hydrogen-bond donors (Lipinski definition) is 7. The van der Waals surface area contributed by atoms with Crippen molar-refractivity contribution in [1.29, 1.82) is 0 Å². The third-order valence-corrected chi connectivity index (χ3v) is 7.01. The first-order valence-corrected chi connectivity index (χ1v) is 12.3. The summed E-state index contributed by atoms with van der Waals surface area (Å²) in [6.07, 6.45) is -6.33. The normalized spacial score (nSPS) is 25.9. The summed E-state index contributed by atoms with van der Waals surface area (Å²) >= 11 is 0. The highest BCUT2D eigenvalue weighted by Gasteiger charge is 2.69. The first kappa shape index (κ1) is 28.8. The highest BCUT2D eigenvalue weighted by Crippen LogP contribution is 2.51. The molecule has 0 bridgehead atoms. The molecule has 7 N–H and O–H groups in total. The van der Waals surface area contributed by atoms with E-state index in [1.165, 1.54) is 6.33 Å². The van der Waals surface area contributed by atoms with Crippen molar-refractivity contribution in [3.05, 3.63) is 48.5 Å². The lowest BCUT2D eigenvalue weighted by Gasteiger charge is -2.40. The van der Waals surface area contributed by atoms with Crippen molar-refractivity contribution >= 4 is 34.9 Å². The van der Waals surface area contributed by atoms with E-state index in [1.54, 1.807) is 0 Å². The predicted molar refractivity (Wildman–Crippen MR) is 135 cm³/mol. The summed E-state index contributed by atoms with van der Waals surface area (Å²) in [5.41, 5.74) is -4.61. The Morgan fingerprint density at radius 2 is 1.65 bits per heavy atom. The van der Waals surface area contributed by atoms with Gasteiger partial charge in [0.05, 0.1) is 37.7 Å². The molecular formula is C25H29N5O10. The van der Waals surface area contributed by atoms with Crippen LogP contribution in [0.3, 0.4) is 0 Å². The zero-order valence-electron chi connectivity index (χ0n) is 21.3. The molecule has 1 aliphatic heterocycles. The van der Waals surface area contributed by atoms with Crippen molar-refractivity contribution in [2.75, 3.05) is 5.32 Å². The number of carboxylic acid groups (broad SMARTS) is 3. The number of carboxylic acids is 3. The molecule has 0 spiro atoms. The summed E-state index contributed by atoms with van der Waals surface area (Å²) in [5, 5.41) is 65.3. The average Bonchev–Trinajstić information content (AvgIpc) is 3.39. The average molecular weight is 560 g/mol. The van der Waals surface area contributed by atoms with Gasteiger partial charge < -0.3 is 40.7 Å². The second-order valence-corrected chi connectivity index (χ2v) is 9.63. The topological polar surface area (TPSA) is 237 Å². The highest BCUT2D eigenvalue weighted by atomic mass is 16.6. The van der Waals surface area contributed by atoms with Crippen molar-refractivity contribution in [3.63, 3.8) is 0 Å². The van der Waals surface area contributed by atoms with Crippen molar-refractivity contribution in [1.82, 2.24) is 19.5 Å². The van der Waals surface area contributed by atoms with Gasteiger partial charge in [0.2, 0.25) is 0 Å². The molecule has 0 saturated carbocycles. The number of anilines is 1. The molecule has 0 amide bonds. The van der Waals surface area contributed by atoms with E-state index in [2.05, 4.69) is 20.3 Å². The molecule has 2 aromatic heterocycles. The Kier molecular flexibility index (Phi) is 8.02. The number of aliphatic hydroxyl groups excluding tert-OH is 1. The van der Waals surface area contributed by atoms with Crippen LogP contribution < -0.4 is 5.32 Å². The van der Waals surface area contributed by atoms with Crippen LogP contribution in [0.1, 0.15) is 50.4 Å². The molecule has 15 heteroatoms. The van der Waals surface area contributed by atoms with Gasteiger partial charge in [-0.25, -0.2) is 15.0 Å². The Hall–Kier alpha value is -4.18. The number of hydrogen-bond acceptors (Lipinski definition) is 11. The number of imidazole rings is 1. The zero-order chi connectivity index (χ0) is 29.2. The van der Waals surface area contributed by atoms with Crippen LogP contribution in [-0.4, -0.2) is 91.5 Å². The summed E-state index contributed by atoms with van der Waals surface area (Å²) in [6.45, 7) is 1.96. The molecule has 4 rings (SSSR count). The van der Waals surface area contributed by atoms with Crippen LogP contribution in [0.5, 0.6) is 0 Å². The monoisotopic (exact) mass is 559 g/mol. The number of fused-ring (bicyclic) bond motifs is 1. The number of aliphatic hydroxyl groups is 3. The Balaban J connectivity index is 1.81. The molecular weight excluding hydrogens is 530 g/mol. The van der Waals surface area contributed by atoms with E-state index >= 15 is 0 Å². The van der Waals surface area contributed by atoms with Gasteiger partial charge >= 0.3 is 17.9 Å². The molecule has 214 valence electrons. The lowest BCUT2D eigenvalue weighted by atomic mass is 9.73. The second-order valence-electron chi connectivity index (χ2n) is 9.63. The van der Waals surface area contributed by atoms with Crippen LogP contribution in [0.4, 0.5) is 5.82 Å². The minimum atomic E-state index is -2.93. The second kappa shape index (κ2) is 11.1. The number of benzene rings is 1. The van der Waals surface area contributed by atoms with Crippen LogP contribution in [0.2, 0.25) is 0 Å². The third kappa shape index (κ3) is 5.19. The van der Waals surface area contributed by atoms with E-state index in [0.717, 1.165) is 16.5 Å². The van der Waals surface area contributed by atoms with Gasteiger partial charge in [0.15, 0.2) is 28.8 Å². The molecule has 1 aliphatic rings. The lowest BCUT2D eigenvalue weighted by Crippen LogP contribution is -2.62. The van der Waals surface area contributed by atoms with Gasteiger partial charge in [-0.15, -0.1) is 0 Å². The van der Waals surface area contributed by atoms with E-state index in [9.17, 15) is 39.9 Å². The van der Waals surface area contributed by atoms with Gasteiger partial charge in [-0.1, -0.05) is 37.3 Å². The standard InChI is InChI=1S/C25H29N5O10/c1-2-14(13-6-4-3-5-7-13)29-21-19-22(27-11-26-21)30(12-28-19)23-25(39,10-18(36)37)24(38,9-17(34)35)20(40-23)15(31)8-16(32)33/h3-7,11-12,14-15,20,23,31,38-39H,2,8-10H2,1H3,(H,32,33)(H,34,35)(H,36,37)(H,26,27,29)/t14-,15?,20-,23-,24-,25+/m1/s1. The van der Waals surface area contributed by atoms with Crippen LogP contribution in [0.15, 0.2) is 43.0 Å². The van der Waals surface area contributed by atoms with Crippen LogP contribution >= 0.6 is 0 Å². The summed E-state index contributed by atoms with van der Waals surface area (Å²) < 4.78 is 6.82. The Morgan fingerprint density at radius 1 is 1.00 bits per heavy atom. The number of nitrogens with one attached hydrogen (secondary N) is 1. The quantitative estimate of drug-likeness (QED) is 0.160. The number of nitrogens with zero attached hydrogens (tertiary/aromatic N) is 4. The minimum Gasteiger partial charge on any atom is -0.481 e. The highest BCUT2D eigenvalue weighted by molar-refractivity contribution is 5.83. The van der Waals surface area contributed by atoms with E-state index < -0.39 is 66.8 Å². The summed E-state index contributed by atoms with van der Waals surface area (Å²) in [4.78, 5) is 47.5. The number of ether oxygens (including phenoxy) is 1. The fourth-order valence-corrected chi connectivity index (χ4v) is 5.17. The van der Waals surface area contributed by atoms with Crippen molar-refractivity contribution < 1.29 is 49.8 Å². The van der Waals surface area contributed by atoms with Crippen LogP contribution in [0, 0.1) is 0 Å². The zero-order valence-corrected chi connectivity index (χ0v) is 21.3. The molecule has 6 atom stereocenters. The van der Waals surface area contributed by atoms with Gasteiger partial charge in [0, 0.05) is 0 Å². The van der Waals surface area contributed by atoms with Gasteiger partial charge in [-0.3, -0.25) is 19.0 Å². The first-order chi connectivity index (χ1) is 18.9. The number of carbonyl (C=O) groups is 3. The fourth-order valence-electron chi connectivity index (χ4n) is 5.17. The maximum absolute atomic E-state index is 11.8. The van der Waals surface area contributed by atoms with Gasteiger partial charge in [-0.05, 0) is 12.0 Å². The van der Waals surface area contributed by atoms with Crippen molar-refractivity contribution in [2.45, 2.75) is 68.3 Å². The molecule has 3 aromatic rings. The largest absolute Gasteiger partial charge is 0.481 e. The van der Waals surface area contributed by atoms with Crippen LogP contribution in [-0.2, 0) is 19.1 Å². The molecule has 3 heterocycles. The summed E-state index contributed by atoms with van der Waals surface area (Å²) in [6, 6.07) is 9.35. The maximum atomic E-state index is 11.8. The van der Waals surface area contributed by atoms with E-state index in [4.69, 9.17) is 9.84 Å². The van der Waals surface area contributed by atoms with E-state index in [0.29, 0.717) is 12.2 Å². The first-order valence-electron chi connectivity index (χ1n) is 12.3. The molecule has 0 radical (unpaired) electrons. The Bertz CT molecular complexity index is 1400. The molecule has 40 heavy (non-hydrogen) atoms. The third-order valence-electron chi connectivity index (χ3n) is 7.01.